The summed E-state index contributed by atoms with van der Waals surface area (Å²) in [6, 6.07) is 8.01. The average molecular weight is 384 g/mol. The van der Waals surface area contributed by atoms with Crippen molar-refractivity contribution in [1.82, 2.24) is 14.7 Å². The zero-order valence-electron chi connectivity index (χ0n) is 17.3. The van der Waals surface area contributed by atoms with Crippen LogP contribution in [-0.4, -0.2) is 66.8 Å². The maximum atomic E-state index is 13.0. The van der Waals surface area contributed by atoms with Crippen LogP contribution in [0.25, 0.3) is 0 Å². The molecule has 2 amide bonds. The summed E-state index contributed by atoms with van der Waals surface area (Å²) in [7, 11) is 3.88. The van der Waals surface area contributed by atoms with Gasteiger partial charge < -0.3 is 14.7 Å². The Morgan fingerprint density at radius 2 is 1.82 bits per heavy atom. The number of hydrogen-bond donors (Lipinski definition) is 0. The molecule has 2 aliphatic heterocycles. The van der Waals surface area contributed by atoms with Crippen molar-refractivity contribution in [3.8, 4) is 0 Å². The number of carbonyl (C=O) groups is 2. The summed E-state index contributed by atoms with van der Waals surface area (Å²) in [5.74, 6) is 0.499. The molecule has 0 atom stereocenters. The van der Waals surface area contributed by atoms with Gasteiger partial charge in [-0.1, -0.05) is 24.6 Å². The summed E-state index contributed by atoms with van der Waals surface area (Å²) >= 11 is 0. The predicted molar refractivity (Wildman–Crippen MR) is 110 cm³/mol. The smallest absolute Gasteiger partial charge is 0.254 e. The minimum Gasteiger partial charge on any atom is -0.344 e. The van der Waals surface area contributed by atoms with E-state index >= 15 is 0 Å². The first-order chi connectivity index (χ1) is 13.5. The lowest BCUT2D eigenvalue weighted by Gasteiger charge is -2.43. The Hall–Kier alpha value is -1.88. The average Bonchev–Trinajstić information content (AvgIpc) is 2.95. The zero-order chi connectivity index (χ0) is 19.7. The summed E-state index contributed by atoms with van der Waals surface area (Å²) in [6.45, 7) is 4.16. The van der Waals surface area contributed by atoms with Crippen LogP contribution in [0.4, 0.5) is 0 Å². The van der Waals surface area contributed by atoms with Crippen molar-refractivity contribution >= 4 is 11.8 Å². The normalized spacial score (nSPS) is 27.9. The van der Waals surface area contributed by atoms with Crippen LogP contribution in [-0.2, 0) is 10.3 Å². The fraction of sp³-hybridized carbons (Fsp3) is 0.652. The molecular weight excluding hydrogens is 350 g/mol. The van der Waals surface area contributed by atoms with Crippen molar-refractivity contribution < 1.29 is 9.59 Å². The Balaban J connectivity index is 1.36. The topological polar surface area (TPSA) is 43.9 Å². The van der Waals surface area contributed by atoms with Crippen LogP contribution in [0.15, 0.2) is 24.3 Å². The van der Waals surface area contributed by atoms with Gasteiger partial charge in [0.25, 0.3) is 5.91 Å². The molecular formula is C23H33N3O2. The van der Waals surface area contributed by atoms with Gasteiger partial charge in [-0.2, -0.15) is 0 Å². The van der Waals surface area contributed by atoms with Gasteiger partial charge in [-0.25, -0.2) is 0 Å². The number of hydrogen-bond acceptors (Lipinski definition) is 3. The molecule has 2 heterocycles. The molecule has 0 radical (unpaired) electrons. The second-order valence-electron chi connectivity index (χ2n) is 8.88. The first kappa shape index (κ1) is 19.4. The van der Waals surface area contributed by atoms with E-state index in [0.29, 0.717) is 0 Å². The molecule has 1 aliphatic carbocycles. The van der Waals surface area contributed by atoms with Crippen molar-refractivity contribution in [3.63, 3.8) is 0 Å². The lowest BCUT2D eigenvalue weighted by atomic mass is 9.72. The third kappa shape index (κ3) is 3.34. The molecule has 1 saturated heterocycles. The third-order valence-corrected chi connectivity index (χ3v) is 7.34. The van der Waals surface area contributed by atoms with Crippen molar-refractivity contribution in [2.45, 2.75) is 50.5 Å². The third-order valence-electron chi connectivity index (χ3n) is 7.34. The van der Waals surface area contributed by atoms with E-state index in [9.17, 15) is 9.59 Å². The van der Waals surface area contributed by atoms with Gasteiger partial charge >= 0.3 is 0 Å². The molecule has 0 bridgehead atoms. The van der Waals surface area contributed by atoms with E-state index in [2.05, 4.69) is 11.0 Å². The maximum Gasteiger partial charge on any atom is 0.254 e. The summed E-state index contributed by atoms with van der Waals surface area (Å²) in [6.07, 6.45) is 7.39. The number of likely N-dealkylation sites (tertiary alicyclic amines) is 1. The molecule has 1 aromatic carbocycles. The van der Waals surface area contributed by atoms with Crippen LogP contribution in [0, 0.1) is 5.92 Å². The Morgan fingerprint density at radius 1 is 1.14 bits per heavy atom. The lowest BCUT2D eigenvalue weighted by Crippen LogP contribution is -2.47. The van der Waals surface area contributed by atoms with Crippen molar-refractivity contribution in [3.05, 3.63) is 35.4 Å². The molecule has 1 saturated carbocycles. The van der Waals surface area contributed by atoms with Gasteiger partial charge in [0.2, 0.25) is 5.91 Å². The summed E-state index contributed by atoms with van der Waals surface area (Å²) in [5, 5.41) is 0. The van der Waals surface area contributed by atoms with Gasteiger partial charge in [0.1, 0.15) is 0 Å². The number of likely N-dealkylation sites (N-methyl/N-ethyl adjacent to an activating group) is 1. The van der Waals surface area contributed by atoms with Crippen molar-refractivity contribution in [2.75, 3.05) is 40.3 Å². The van der Waals surface area contributed by atoms with Crippen LogP contribution in [0.3, 0.4) is 0 Å². The molecule has 1 spiro atoms. The number of nitrogens with zero attached hydrogens (tertiary/aromatic N) is 3. The minimum absolute atomic E-state index is 0.0910. The van der Waals surface area contributed by atoms with E-state index in [0.717, 1.165) is 49.9 Å². The van der Waals surface area contributed by atoms with E-state index in [-0.39, 0.29) is 23.3 Å². The summed E-state index contributed by atoms with van der Waals surface area (Å²) in [5.41, 5.74) is 1.79. The Kier molecular flexibility index (Phi) is 5.46. The number of rotatable bonds is 4. The molecule has 4 rings (SSSR count). The van der Waals surface area contributed by atoms with Gasteiger partial charge in [0, 0.05) is 38.7 Å². The number of amides is 2. The molecule has 5 heteroatoms. The van der Waals surface area contributed by atoms with E-state index in [1.807, 2.05) is 42.1 Å². The lowest BCUT2D eigenvalue weighted by molar-refractivity contribution is -0.136. The highest BCUT2D eigenvalue weighted by atomic mass is 16.2. The quantitative estimate of drug-likeness (QED) is 0.802. The fourth-order valence-corrected chi connectivity index (χ4v) is 5.47. The minimum atomic E-state index is -0.211. The Morgan fingerprint density at radius 3 is 2.54 bits per heavy atom. The second kappa shape index (κ2) is 7.86. The first-order valence-corrected chi connectivity index (χ1v) is 10.9. The molecule has 152 valence electrons. The van der Waals surface area contributed by atoms with Crippen LogP contribution < -0.4 is 0 Å². The molecule has 1 aromatic rings. The van der Waals surface area contributed by atoms with Gasteiger partial charge in [0.05, 0.1) is 5.54 Å². The number of piperidine rings is 1. The molecule has 2 fully saturated rings. The monoisotopic (exact) mass is 383 g/mol. The van der Waals surface area contributed by atoms with Crippen molar-refractivity contribution in [2.24, 2.45) is 5.92 Å². The van der Waals surface area contributed by atoms with E-state index < -0.39 is 0 Å². The second-order valence-corrected chi connectivity index (χ2v) is 8.88. The zero-order valence-corrected chi connectivity index (χ0v) is 17.3. The van der Waals surface area contributed by atoms with Crippen LogP contribution in [0.1, 0.15) is 60.9 Å². The first-order valence-electron chi connectivity index (χ1n) is 10.9. The highest BCUT2D eigenvalue weighted by molar-refractivity contribution is 5.99. The van der Waals surface area contributed by atoms with Crippen molar-refractivity contribution in [1.29, 1.82) is 0 Å². The largest absolute Gasteiger partial charge is 0.344 e. The number of fused-ring (bicyclic) bond motifs is 2. The predicted octanol–water partition coefficient (Wildman–Crippen LogP) is 3.10. The highest BCUT2D eigenvalue weighted by Crippen LogP contribution is 2.49. The molecule has 0 unspecified atom stereocenters. The fourth-order valence-electron chi connectivity index (χ4n) is 5.47. The summed E-state index contributed by atoms with van der Waals surface area (Å²) < 4.78 is 0. The number of carbonyl (C=O) groups excluding carboxylic acids is 2. The SMILES string of the molecule is CN(CCN1CCCCC1)C(=O)C1CCC2(CC1)c1ccccc1C(=O)N2C. The van der Waals surface area contributed by atoms with Crippen LogP contribution >= 0.6 is 0 Å². The standard InChI is InChI=1S/C23H33N3O2/c1-24(16-17-26-14-6-3-7-15-26)21(27)18-10-12-23(13-11-18)20-9-5-4-8-19(20)22(28)25(23)2/h4-5,8-9,18H,3,6-7,10-17H2,1-2H3. The molecule has 0 N–H and O–H groups in total. The highest BCUT2D eigenvalue weighted by Gasteiger charge is 2.49. The Bertz CT molecular complexity index is 733. The van der Waals surface area contributed by atoms with Crippen LogP contribution in [0.5, 0.6) is 0 Å². The summed E-state index contributed by atoms with van der Waals surface area (Å²) in [4.78, 5) is 32.0. The van der Waals surface area contributed by atoms with E-state index in [4.69, 9.17) is 0 Å². The molecule has 5 nitrogen and oxygen atoms in total. The van der Waals surface area contributed by atoms with Gasteiger partial charge in [-0.15, -0.1) is 0 Å². The van der Waals surface area contributed by atoms with Gasteiger partial charge in [-0.3, -0.25) is 9.59 Å². The van der Waals surface area contributed by atoms with E-state index in [1.54, 1.807) is 0 Å². The van der Waals surface area contributed by atoms with Gasteiger partial charge in [0.15, 0.2) is 0 Å². The molecule has 3 aliphatic rings. The number of benzene rings is 1. The van der Waals surface area contributed by atoms with Crippen LogP contribution in [0.2, 0.25) is 0 Å². The maximum absolute atomic E-state index is 13.0. The molecule has 0 aromatic heterocycles. The van der Waals surface area contributed by atoms with Gasteiger partial charge in [-0.05, 0) is 63.2 Å². The Labute approximate surface area is 168 Å². The molecule has 28 heavy (non-hydrogen) atoms. The van der Waals surface area contributed by atoms with E-state index in [1.165, 1.54) is 32.4 Å².